The van der Waals surface area contributed by atoms with E-state index in [1.54, 1.807) is 0 Å². The van der Waals surface area contributed by atoms with E-state index in [1.807, 2.05) is 18.2 Å². The Morgan fingerprint density at radius 2 is 2.19 bits per heavy atom. The molecule has 1 aromatic carbocycles. The van der Waals surface area contributed by atoms with E-state index in [2.05, 4.69) is 12.2 Å². The molecule has 2 N–H and O–H groups in total. The van der Waals surface area contributed by atoms with Crippen LogP contribution < -0.4 is 5.32 Å². The summed E-state index contributed by atoms with van der Waals surface area (Å²) in [4.78, 5) is 0. The van der Waals surface area contributed by atoms with Crippen LogP contribution in [0.5, 0.6) is 0 Å². The number of halogens is 1. The summed E-state index contributed by atoms with van der Waals surface area (Å²) in [7, 11) is 0. The van der Waals surface area contributed by atoms with Gasteiger partial charge in [0.05, 0.1) is 6.61 Å². The topological polar surface area (TPSA) is 32.3 Å². The lowest BCUT2D eigenvalue weighted by molar-refractivity contribution is 0.0576. The molecule has 0 atom stereocenters. The summed E-state index contributed by atoms with van der Waals surface area (Å²) < 4.78 is 0. The van der Waals surface area contributed by atoms with Gasteiger partial charge >= 0.3 is 0 Å². The first-order chi connectivity index (χ1) is 7.65. The van der Waals surface area contributed by atoms with Crippen LogP contribution >= 0.6 is 11.6 Å². The molecule has 0 heterocycles. The van der Waals surface area contributed by atoms with Gasteiger partial charge in [-0.3, -0.25) is 0 Å². The lowest BCUT2D eigenvalue weighted by Gasteiger charge is -2.40. The van der Waals surface area contributed by atoms with Gasteiger partial charge in [0.2, 0.25) is 0 Å². The van der Waals surface area contributed by atoms with Gasteiger partial charge in [0.15, 0.2) is 0 Å². The van der Waals surface area contributed by atoms with Gasteiger partial charge in [0, 0.05) is 22.7 Å². The lowest BCUT2D eigenvalue weighted by Crippen LogP contribution is -2.39. The zero-order valence-corrected chi connectivity index (χ0v) is 10.3. The monoisotopic (exact) mass is 239 g/mol. The van der Waals surface area contributed by atoms with Crippen LogP contribution in [0.4, 0.5) is 5.69 Å². The minimum atomic E-state index is 0.106. The fraction of sp³-hybridized carbons (Fsp3) is 0.538. The SMILES string of the molecule is Cc1ccc(Cl)cc1NCC1(CO)CCC1. The second kappa shape index (κ2) is 4.64. The summed E-state index contributed by atoms with van der Waals surface area (Å²) in [5, 5.41) is 13.5. The molecule has 0 spiro atoms. The molecule has 0 radical (unpaired) electrons. The summed E-state index contributed by atoms with van der Waals surface area (Å²) in [6.07, 6.45) is 3.48. The van der Waals surface area contributed by atoms with Gasteiger partial charge in [-0.15, -0.1) is 0 Å². The molecule has 1 aliphatic rings. The molecule has 0 saturated heterocycles. The molecule has 0 unspecified atom stereocenters. The number of nitrogens with one attached hydrogen (secondary N) is 1. The van der Waals surface area contributed by atoms with E-state index in [-0.39, 0.29) is 12.0 Å². The maximum atomic E-state index is 9.37. The molecule has 0 amide bonds. The Bertz CT molecular complexity index is 369. The van der Waals surface area contributed by atoms with Crippen LogP contribution in [-0.2, 0) is 0 Å². The number of hydrogen-bond acceptors (Lipinski definition) is 2. The Kier molecular flexibility index (Phi) is 3.41. The van der Waals surface area contributed by atoms with Crippen molar-refractivity contribution in [2.75, 3.05) is 18.5 Å². The van der Waals surface area contributed by atoms with Crippen molar-refractivity contribution in [2.24, 2.45) is 5.41 Å². The van der Waals surface area contributed by atoms with Gasteiger partial charge in [-0.1, -0.05) is 24.1 Å². The maximum absolute atomic E-state index is 9.37. The van der Waals surface area contributed by atoms with Crippen molar-refractivity contribution < 1.29 is 5.11 Å². The lowest BCUT2D eigenvalue weighted by atomic mass is 9.69. The van der Waals surface area contributed by atoms with Crippen LogP contribution in [0.1, 0.15) is 24.8 Å². The van der Waals surface area contributed by atoms with Crippen LogP contribution in [0.15, 0.2) is 18.2 Å². The highest BCUT2D eigenvalue weighted by Crippen LogP contribution is 2.40. The highest BCUT2D eigenvalue weighted by molar-refractivity contribution is 6.30. The molecule has 88 valence electrons. The van der Waals surface area contributed by atoms with Crippen LogP contribution in [0.3, 0.4) is 0 Å². The standard InChI is InChI=1S/C13H18ClNO/c1-10-3-4-11(14)7-12(10)15-8-13(9-16)5-2-6-13/h3-4,7,15-16H,2,5-6,8-9H2,1H3. The molecular weight excluding hydrogens is 222 g/mol. The second-order valence-electron chi connectivity index (χ2n) is 4.82. The third-order valence-electron chi connectivity index (χ3n) is 3.60. The van der Waals surface area contributed by atoms with Crippen molar-refractivity contribution >= 4 is 17.3 Å². The van der Waals surface area contributed by atoms with Crippen LogP contribution in [0.25, 0.3) is 0 Å². The first kappa shape index (κ1) is 11.7. The number of rotatable bonds is 4. The van der Waals surface area contributed by atoms with Gasteiger partial charge in [-0.25, -0.2) is 0 Å². The minimum Gasteiger partial charge on any atom is -0.396 e. The second-order valence-corrected chi connectivity index (χ2v) is 5.26. The van der Waals surface area contributed by atoms with E-state index in [9.17, 15) is 5.11 Å². The fourth-order valence-corrected chi connectivity index (χ4v) is 2.31. The van der Waals surface area contributed by atoms with Crippen molar-refractivity contribution in [1.82, 2.24) is 0 Å². The molecule has 1 aliphatic carbocycles. The van der Waals surface area contributed by atoms with E-state index in [0.29, 0.717) is 0 Å². The van der Waals surface area contributed by atoms with E-state index in [4.69, 9.17) is 11.6 Å². The Balaban J connectivity index is 2.01. The first-order valence-electron chi connectivity index (χ1n) is 5.76. The van der Waals surface area contributed by atoms with Crippen LogP contribution in [0, 0.1) is 12.3 Å². The third kappa shape index (κ3) is 2.33. The summed E-state index contributed by atoms with van der Waals surface area (Å²) >= 11 is 5.96. The molecule has 2 nitrogen and oxygen atoms in total. The average molecular weight is 240 g/mol. The minimum absolute atomic E-state index is 0.106. The van der Waals surface area contributed by atoms with Gasteiger partial charge in [0.1, 0.15) is 0 Å². The average Bonchev–Trinajstić information content (AvgIpc) is 2.22. The summed E-state index contributed by atoms with van der Waals surface area (Å²) in [5.74, 6) is 0. The number of benzene rings is 1. The van der Waals surface area contributed by atoms with Gasteiger partial charge in [-0.05, 0) is 37.5 Å². The zero-order valence-electron chi connectivity index (χ0n) is 9.59. The number of anilines is 1. The Morgan fingerprint density at radius 3 is 2.75 bits per heavy atom. The Hall–Kier alpha value is -0.730. The molecule has 1 aromatic rings. The van der Waals surface area contributed by atoms with E-state index < -0.39 is 0 Å². The molecule has 1 fully saturated rings. The first-order valence-corrected chi connectivity index (χ1v) is 6.14. The fourth-order valence-electron chi connectivity index (χ4n) is 2.13. The molecule has 0 bridgehead atoms. The molecular formula is C13H18ClNO. The number of hydrogen-bond donors (Lipinski definition) is 2. The highest BCUT2D eigenvalue weighted by atomic mass is 35.5. The number of aliphatic hydroxyl groups excluding tert-OH is 1. The number of aryl methyl sites for hydroxylation is 1. The van der Waals surface area contributed by atoms with Crippen molar-refractivity contribution in [2.45, 2.75) is 26.2 Å². The molecule has 0 aliphatic heterocycles. The third-order valence-corrected chi connectivity index (χ3v) is 3.84. The maximum Gasteiger partial charge on any atom is 0.0504 e. The summed E-state index contributed by atoms with van der Waals surface area (Å²) in [6, 6.07) is 5.85. The van der Waals surface area contributed by atoms with Crippen molar-refractivity contribution in [3.63, 3.8) is 0 Å². The van der Waals surface area contributed by atoms with Crippen molar-refractivity contribution in [3.8, 4) is 0 Å². The Morgan fingerprint density at radius 1 is 1.44 bits per heavy atom. The molecule has 1 saturated carbocycles. The largest absolute Gasteiger partial charge is 0.396 e. The van der Waals surface area contributed by atoms with Gasteiger partial charge < -0.3 is 10.4 Å². The van der Waals surface area contributed by atoms with E-state index in [1.165, 1.54) is 12.0 Å². The quantitative estimate of drug-likeness (QED) is 0.846. The molecule has 0 aromatic heterocycles. The highest BCUT2D eigenvalue weighted by Gasteiger charge is 2.35. The number of aliphatic hydroxyl groups is 1. The predicted octanol–water partition coefficient (Wildman–Crippen LogP) is 3.22. The van der Waals surface area contributed by atoms with E-state index in [0.717, 1.165) is 30.1 Å². The molecule has 16 heavy (non-hydrogen) atoms. The zero-order chi connectivity index (χ0) is 11.6. The van der Waals surface area contributed by atoms with Crippen LogP contribution in [-0.4, -0.2) is 18.3 Å². The smallest absolute Gasteiger partial charge is 0.0504 e. The molecule has 2 rings (SSSR count). The molecule has 3 heteroatoms. The van der Waals surface area contributed by atoms with Crippen molar-refractivity contribution in [3.05, 3.63) is 28.8 Å². The van der Waals surface area contributed by atoms with Gasteiger partial charge in [0.25, 0.3) is 0 Å². The van der Waals surface area contributed by atoms with Crippen molar-refractivity contribution in [1.29, 1.82) is 0 Å². The van der Waals surface area contributed by atoms with E-state index >= 15 is 0 Å². The van der Waals surface area contributed by atoms with Gasteiger partial charge in [-0.2, -0.15) is 0 Å². The summed E-state index contributed by atoms with van der Waals surface area (Å²) in [6.45, 7) is 3.18. The normalized spacial score (nSPS) is 17.9. The Labute approximate surface area is 102 Å². The predicted molar refractivity (Wildman–Crippen MR) is 68.0 cm³/mol. The summed E-state index contributed by atoms with van der Waals surface area (Å²) in [5.41, 5.74) is 2.37. The van der Waals surface area contributed by atoms with Crippen LogP contribution in [0.2, 0.25) is 5.02 Å².